The number of esters is 1. The number of hydrogen-bond donors (Lipinski definition) is 11. The SMILES string of the molecule is CCCNC(=O)c1ccc(F)c(-c2ccc(N)c(C(=O)Cc3cnccc3N3CCC[C@H](N)C3)n2)c1.COC(=O)c1ccc(-c2ccc(N)c(C(=O)Cc3cnccc3N3CCC[C@H](N)C3)n2)c(F)c1.Nc1ccc(-c2cc(C(=O)NC3CCCCC3)ccc2F)nc1C(=O)Cc1cnccc1N1CCC[C@H](N)C1.Nc1ccc(-c2cc(C(=O)Nc3ccccc3)ccc2F)nc1C(=O)Cc1cnccc1N1CCC[C@H](N)C1. The fraction of sp³-hybridized carbons (Fsp3) is 0.304. The molecule has 5 fully saturated rings. The molecule has 5 aliphatic rings. The van der Waals surface area contributed by atoms with Gasteiger partial charge in [0.2, 0.25) is 0 Å². The summed E-state index contributed by atoms with van der Waals surface area (Å²) in [7, 11) is 1.22. The number of piperidine rings is 4. The van der Waals surface area contributed by atoms with Crippen LogP contribution in [0.5, 0.6) is 0 Å². The predicted octanol–water partition coefficient (Wildman–Crippen LogP) is 15.1. The molecule has 0 bridgehead atoms. The summed E-state index contributed by atoms with van der Waals surface area (Å²) in [6, 6.07) is 45.6. The van der Waals surface area contributed by atoms with Gasteiger partial charge < -0.3 is 86.2 Å². The monoisotopic (exact) mass is 2010 g/mol. The number of nitrogens with zero attached hydrogens (tertiary/aromatic N) is 12. The predicted molar refractivity (Wildman–Crippen MR) is 566 cm³/mol. The minimum absolute atomic E-state index is 0.0254. The van der Waals surface area contributed by atoms with Crippen molar-refractivity contribution in [2.45, 2.75) is 153 Å². The van der Waals surface area contributed by atoms with Gasteiger partial charge in [0, 0.05) is 254 Å². The molecule has 0 spiro atoms. The van der Waals surface area contributed by atoms with Crippen LogP contribution in [-0.2, 0) is 30.4 Å². The Labute approximate surface area is 855 Å². The number of benzene rings is 5. The first-order chi connectivity index (χ1) is 71.5. The van der Waals surface area contributed by atoms with Crippen LogP contribution >= 0.6 is 0 Å². The highest BCUT2D eigenvalue weighted by Crippen LogP contribution is 2.37. The van der Waals surface area contributed by atoms with Crippen molar-refractivity contribution in [1.29, 1.82) is 0 Å². The number of nitrogens with two attached hydrogens (primary N) is 8. The molecule has 4 aliphatic heterocycles. The molecule has 36 heteroatoms. The summed E-state index contributed by atoms with van der Waals surface area (Å²) in [4.78, 5) is 146. The van der Waals surface area contributed by atoms with Gasteiger partial charge in [-0.2, -0.15) is 0 Å². The van der Waals surface area contributed by atoms with Gasteiger partial charge in [-0.15, -0.1) is 0 Å². The van der Waals surface area contributed by atoms with Crippen LogP contribution in [0.1, 0.15) is 202 Å². The minimum Gasteiger partial charge on any atom is -0.465 e. The number of para-hydroxylation sites is 1. The Morgan fingerprint density at radius 2 is 0.689 bits per heavy atom. The van der Waals surface area contributed by atoms with Gasteiger partial charge in [0.15, 0.2) is 23.1 Å². The van der Waals surface area contributed by atoms with Crippen molar-refractivity contribution in [2.75, 3.05) is 114 Å². The van der Waals surface area contributed by atoms with E-state index < -0.39 is 35.1 Å². The molecule has 3 amide bonds. The number of carbonyl (C=O) groups is 8. The zero-order chi connectivity index (χ0) is 105. The van der Waals surface area contributed by atoms with Gasteiger partial charge in [0.1, 0.15) is 46.0 Å². The second-order valence-electron chi connectivity index (χ2n) is 37.5. The highest BCUT2D eigenvalue weighted by atomic mass is 19.1. The molecule has 13 aromatic rings. The number of anilines is 9. The first-order valence-corrected chi connectivity index (χ1v) is 49.7. The molecule has 0 radical (unpaired) electrons. The molecule has 19 N–H and O–H groups in total. The molecule has 0 unspecified atom stereocenters. The van der Waals surface area contributed by atoms with Crippen molar-refractivity contribution in [3.05, 3.63) is 316 Å². The average molecular weight is 2010 g/mol. The van der Waals surface area contributed by atoms with Crippen LogP contribution in [0.2, 0.25) is 0 Å². The number of aromatic nitrogens is 8. The van der Waals surface area contributed by atoms with Crippen LogP contribution in [-0.4, -0.2) is 183 Å². The lowest BCUT2D eigenvalue weighted by Crippen LogP contribution is -2.43. The normalized spacial score (nSPS) is 16.1. The van der Waals surface area contributed by atoms with Crippen molar-refractivity contribution in [3.8, 4) is 45.0 Å². The third-order valence-electron chi connectivity index (χ3n) is 26.6. The zero-order valence-corrected chi connectivity index (χ0v) is 82.5. The summed E-state index contributed by atoms with van der Waals surface area (Å²) in [5.41, 5.74) is 59.8. The number of ketones is 4. The number of methoxy groups -OCH3 is 1. The molecular weight excluding hydrogens is 1890 g/mol. The maximum Gasteiger partial charge on any atom is 0.337 e. The van der Waals surface area contributed by atoms with Crippen molar-refractivity contribution in [2.24, 2.45) is 22.9 Å². The van der Waals surface area contributed by atoms with Crippen LogP contribution in [0.15, 0.2) is 225 Å². The second-order valence-corrected chi connectivity index (χ2v) is 37.5. The number of carbonyl (C=O) groups excluding carboxylic acids is 8. The van der Waals surface area contributed by atoms with E-state index in [1.165, 1.54) is 111 Å². The van der Waals surface area contributed by atoms with Crippen molar-refractivity contribution >= 4 is 98.0 Å². The number of nitrogens with one attached hydrogen (secondary N) is 3. The van der Waals surface area contributed by atoms with Crippen LogP contribution in [0.4, 0.5) is 68.7 Å². The first kappa shape index (κ1) is 106. The van der Waals surface area contributed by atoms with E-state index in [1.807, 2.05) is 37.3 Å². The molecule has 766 valence electrons. The lowest BCUT2D eigenvalue weighted by molar-refractivity contribution is 0.0599. The summed E-state index contributed by atoms with van der Waals surface area (Å²) in [6.45, 7) is 8.73. The summed E-state index contributed by atoms with van der Waals surface area (Å²) < 4.78 is 63.9. The molecule has 4 atom stereocenters. The van der Waals surface area contributed by atoms with Crippen LogP contribution < -0.4 is 81.4 Å². The van der Waals surface area contributed by atoms with E-state index in [2.05, 4.69) is 80.2 Å². The summed E-state index contributed by atoms with van der Waals surface area (Å²) in [5, 5.41) is 8.62. The molecule has 5 aromatic carbocycles. The number of hydrogen-bond acceptors (Lipinski definition) is 29. The van der Waals surface area contributed by atoms with E-state index in [4.69, 9.17) is 45.9 Å². The lowest BCUT2D eigenvalue weighted by atomic mass is 9.95. The third kappa shape index (κ3) is 27.1. The Hall–Kier alpha value is -16.2. The highest BCUT2D eigenvalue weighted by molar-refractivity contribution is 6.07. The zero-order valence-electron chi connectivity index (χ0n) is 82.5. The Morgan fingerprint density at radius 3 is 1.02 bits per heavy atom. The van der Waals surface area contributed by atoms with Crippen molar-refractivity contribution in [3.63, 3.8) is 0 Å². The minimum atomic E-state index is -0.658. The molecule has 1 saturated carbocycles. The first-order valence-electron chi connectivity index (χ1n) is 49.7. The number of pyridine rings is 8. The Morgan fingerprint density at radius 1 is 0.358 bits per heavy atom. The molecule has 4 saturated heterocycles. The number of rotatable bonds is 28. The van der Waals surface area contributed by atoms with Crippen molar-refractivity contribution < 1.29 is 60.7 Å². The molecule has 32 nitrogen and oxygen atoms in total. The Balaban J connectivity index is 0.000000148. The van der Waals surface area contributed by atoms with Gasteiger partial charge in [-0.3, -0.25) is 53.5 Å². The van der Waals surface area contributed by atoms with Gasteiger partial charge in [0.25, 0.3) is 17.7 Å². The van der Waals surface area contributed by atoms with E-state index in [0.29, 0.717) is 49.5 Å². The van der Waals surface area contributed by atoms with Gasteiger partial charge in [-0.25, -0.2) is 42.3 Å². The van der Waals surface area contributed by atoms with E-state index >= 15 is 0 Å². The largest absolute Gasteiger partial charge is 0.465 e. The van der Waals surface area contributed by atoms with Crippen LogP contribution in [0, 0.1) is 23.3 Å². The second kappa shape index (κ2) is 50.1. The maximum atomic E-state index is 14.9. The maximum absolute atomic E-state index is 14.9. The molecular formula is C112H121F4N23O9. The topological polar surface area (TPSA) is 506 Å². The van der Waals surface area contributed by atoms with E-state index in [9.17, 15) is 55.9 Å². The highest BCUT2D eigenvalue weighted by Gasteiger charge is 2.31. The third-order valence-corrected chi connectivity index (χ3v) is 26.6. The summed E-state index contributed by atoms with van der Waals surface area (Å²) in [5.74, 6) is -5.10. The number of nitrogen functional groups attached to an aromatic ring is 4. The molecule has 18 rings (SSSR count). The van der Waals surface area contributed by atoms with Gasteiger partial charge in [-0.1, -0.05) is 44.4 Å². The van der Waals surface area contributed by atoms with E-state index in [1.54, 1.807) is 92.0 Å². The fourth-order valence-corrected chi connectivity index (χ4v) is 18.9. The van der Waals surface area contributed by atoms with E-state index in [0.717, 1.165) is 161 Å². The molecule has 1 aliphatic carbocycles. The standard InChI is InChI=1S/C30H35FN6O2.C30H29FN6O2.C27H31FN6O2.C25H26FN5O3/c2*31-24-9-8-19(30(39)35-22-6-2-1-3-7-22)15-23(24)26-11-10-25(33)29(36-26)28(38)16-20-17-34-13-12-27(20)37-14-4-5-21(32)18-37;1-2-10-32-27(36)17-5-6-21(28)20(13-17)23-8-7-22(30)26(33-23)25(35)14-18-15-31-11-9-24(18)34-12-3-4-19(29)16-34;1-34-25(33)15-4-5-18(19(26)11-15)21-7-6-20(28)24(30-21)23(32)12-16-13-29-9-8-22(16)31-10-2-3-17(27)14-31/h8-13,15,17,21-22H,1-7,14,16,18,32-33H2,(H,35,39);1-3,6-13,15,17,21H,4-5,14,16,18,32-33H2,(H,35,39);5-9,11,13,15,19H,2-4,10,12,14,16,29-30H2,1H3,(H,32,36);4-9,11,13,17H,2-3,10,12,14,27-28H2,1H3/t2*21-;19-;17-/m0000/s1. The Bertz CT molecular complexity index is 7000. The van der Waals surface area contributed by atoms with E-state index in [-0.39, 0.29) is 193 Å². The Kier molecular flexibility index (Phi) is 35.9. The van der Waals surface area contributed by atoms with Gasteiger partial charge >= 0.3 is 5.97 Å². The van der Waals surface area contributed by atoms with Crippen LogP contribution in [0.3, 0.4) is 0 Å². The fourth-order valence-electron chi connectivity index (χ4n) is 18.9. The number of halogens is 4. The van der Waals surface area contributed by atoms with Crippen LogP contribution in [0.25, 0.3) is 45.0 Å². The summed E-state index contributed by atoms with van der Waals surface area (Å²) >= 11 is 0. The average Bonchev–Trinajstić information content (AvgIpc) is 0.802. The lowest BCUT2D eigenvalue weighted by Gasteiger charge is -2.33. The smallest absolute Gasteiger partial charge is 0.337 e. The number of Topliss-reactive ketones (excluding diaryl/α,β-unsaturated/α-hetero) is 4. The van der Waals surface area contributed by atoms with Gasteiger partial charge in [0.05, 0.1) is 58.2 Å². The summed E-state index contributed by atoms with van der Waals surface area (Å²) in [6.07, 6.45) is 27.5. The van der Waals surface area contributed by atoms with Gasteiger partial charge in [-0.05, 0) is 228 Å². The number of amides is 3. The molecule has 12 heterocycles. The quantitative estimate of drug-likeness (QED) is 0.0123. The molecule has 148 heavy (non-hydrogen) atoms. The molecule has 8 aromatic heterocycles. The number of ether oxygens (including phenoxy) is 1. The van der Waals surface area contributed by atoms with Crippen molar-refractivity contribution in [1.82, 2.24) is 50.5 Å².